The molecule has 0 saturated carbocycles. The maximum absolute atomic E-state index is 12.7. The number of piperidine rings is 1. The van der Waals surface area contributed by atoms with Gasteiger partial charge in [0.1, 0.15) is 12.1 Å². The molecule has 2 amide bonds. The SMILES string of the molecule is CC1CCN(C(=O)[C@@H]2CCCN2C(=O)C2CCCO2)CC1. The summed E-state index contributed by atoms with van der Waals surface area (Å²) in [6.07, 6.45) is 5.35. The van der Waals surface area contributed by atoms with Crippen molar-refractivity contribution >= 4 is 11.8 Å². The molecule has 0 bridgehead atoms. The second-order valence-corrected chi connectivity index (χ2v) is 6.70. The Morgan fingerprint density at radius 2 is 1.71 bits per heavy atom. The molecule has 3 heterocycles. The van der Waals surface area contributed by atoms with Crippen LogP contribution in [0.25, 0.3) is 0 Å². The average molecular weight is 294 g/mol. The molecule has 3 aliphatic rings. The molecule has 0 N–H and O–H groups in total. The third kappa shape index (κ3) is 3.07. The highest BCUT2D eigenvalue weighted by molar-refractivity contribution is 5.90. The third-order valence-electron chi connectivity index (χ3n) is 5.12. The number of nitrogens with zero attached hydrogens (tertiary/aromatic N) is 2. The van der Waals surface area contributed by atoms with Crippen LogP contribution < -0.4 is 0 Å². The number of hydrogen-bond donors (Lipinski definition) is 0. The van der Waals surface area contributed by atoms with Crippen LogP contribution in [0.2, 0.25) is 0 Å². The molecule has 3 saturated heterocycles. The molecule has 3 aliphatic heterocycles. The third-order valence-corrected chi connectivity index (χ3v) is 5.12. The van der Waals surface area contributed by atoms with Gasteiger partial charge in [-0.05, 0) is 44.4 Å². The molecule has 0 spiro atoms. The number of hydrogen-bond acceptors (Lipinski definition) is 3. The van der Waals surface area contributed by atoms with Gasteiger partial charge in [0, 0.05) is 26.2 Å². The van der Waals surface area contributed by atoms with E-state index in [1.165, 1.54) is 0 Å². The lowest BCUT2D eigenvalue weighted by Gasteiger charge is -2.35. The molecule has 3 fully saturated rings. The molecule has 0 aromatic carbocycles. The predicted molar refractivity (Wildman–Crippen MR) is 78.7 cm³/mol. The van der Waals surface area contributed by atoms with Crippen molar-refractivity contribution in [3.63, 3.8) is 0 Å². The Balaban J connectivity index is 1.63. The lowest BCUT2D eigenvalue weighted by atomic mass is 9.98. The summed E-state index contributed by atoms with van der Waals surface area (Å²) in [5.41, 5.74) is 0. The Kier molecular flexibility index (Phi) is 4.48. The summed E-state index contributed by atoms with van der Waals surface area (Å²) < 4.78 is 5.50. The molecule has 5 heteroatoms. The molecular formula is C16H26N2O3. The average Bonchev–Trinajstić information content (AvgIpc) is 3.18. The Morgan fingerprint density at radius 3 is 2.38 bits per heavy atom. The van der Waals surface area contributed by atoms with Crippen molar-refractivity contribution in [2.75, 3.05) is 26.2 Å². The van der Waals surface area contributed by atoms with Crippen molar-refractivity contribution in [1.82, 2.24) is 9.80 Å². The van der Waals surface area contributed by atoms with Crippen molar-refractivity contribution in [2.24, 2.45) is 5.92 Å². The minimum absolute atomic E-state index is 0.0359. The van der Waals surface area contributed by atoms with E-state index < -0.39 is 0 Å². The summed E-state index contributed by atoms with van der Waals surface area (Å²) in [4.78, 5) is 29.0. The molecule has 0 aromatic heterocycles. The second-order valence-electron chi connectivity index (χ2n) is 6.70. The van der Waals surface area contributed by atoms with Crippen LogP contribution in [0.3, 0.4) is 0 Å². The fourth-order valence-electron chi connectivity index (χ4n) is 3.68. The molecule has 0 aromatic rings. The molecule has 118 valence electrons. The Bertz CT molecular complexity index is 398. The van der Waals surface area contributed by atoms with Crippen LogP contribution >= 0.6 is 0 Å². The molecule has 5 nitrogen and oxygen atoms in total. The summed E-state index contributed by atoms with van der Waals surface area (Å²) in [6.45, 7) is 5.31. The zero-order valence-corrected chi connectivity index (χ0v) is 12.9. The van der Waals surface area contributed by atoms with Crippen molar-refractivity contribution in [3.8, 4) is 0 Å². The maximum Gasteiger partial charge on any atom is 0.252 e. The summed E-state index contributed by atoms with van der Waals surface area (Å²) in [5, 5.41) is 0. The number of likely N-dealkylation sites (tertiary alicyclic amines) is 2. The van der Waals surface area contributed by atoms with Gasteiger partial charge in [0.05, 0.1) is 0 Å². The van der Waals surface area contributed by atoms with E-state index in [0.29, 0.717) is 19.1 Å². The van der Waals surface area contributed by atoms with Crippen LogP contribution in [0.5, 0.6) is 0 Å². The van der Waals surface area contributed by atoms with Crippen molar-refractivity contribution in [1.29, 1.82) is 0 Å². The second kappa shape index (κ2) is 6.34. The molecular weight excluding hydrogens is 268 g/mol. The largest absolute Gasteiger partial charge is 0.368 e. The fourth-order valence-corrected chi connectivity index (χ4v) is 3.68. The van der Waals surface area contributed by atoms with Gasteiger partial charge in [0.15, 0.2) is 0 Å². The van der Waals surface area contributed by atoms with E-state index in [9.17, 15) is 9.59 Å². The minimum atomic E-state index is -0.306. The van der Waals surface area contributed by atoms with E-state index in [0.717, 1.165) is 51.6 Å². The van der Waals surface area contributed by atoms with Gasteiger partial charge >= 0.3 is 0 Å². The van der Waals surface area contributed by atoms with Gasteiger partial charge in [-0.25, -0.2) is 0 Å². The van der Waals surface area contributed by atoms with Gasteiger partial charge in [-0.1, -0.05) is 6.92 Å². The van der Waals surface area contributed by atoms with Crippen LogP contribution in [-0.2, 0) is 14.3 Å². The van der Waals surface area contributed by atoms with E-state index in [-0.39, 0.29) is 24.0 Å². The van der Waals surface area contributed by atoms with Gasteiger partial charge in [-0.15, -0.1) is 0 Å². The molecule has 2 atom stereocenters. The van der Waals surface area contributed by atoms with Crippen LogP contribution in [0.15, 0.2) is 0 Å². The number of ether oxygens (including phenoxy) is 1. The highest BCUT2D eigenvalue weighted by atomic mass is 16.5. The lowest BCUT2D eigenvalue weighted by Crippen LogP contribution is -2.51. The smallest absolute Gasteiger partial charge is 0.252 e. The fraction of sp³-hybridized carbons (Fsp3) is 0.875. The summed E-state index contributed by atoms with van der Waals surface area (Å²) in [7, 11) is 0. The number of carbonyl (C=O) groups is 2. The van der Waals surface area contributed by atoms with Gasteiger partial charge < -0.3 is 14.5 Å². The van der Waals surface area contributed by atoms with E-state index in [2.05, 4.69) is 6.92 Å². The predicted octanol–water partition coefficient (Wildman–Crippen LogP) is 1.41. The monoisotopic (exact) mass is 294 g/mol. The van der Waals surface area contributed by atoms with Crippen LogP contribution in [0.1, 0.15) is 45.4 Å². The summed E-state index contributed by atoms with van der Waals surface area (Å²) in [6, 6.07) is -0.241. The molecule has 0 aliphatic carbocycles. The van der Waals surface area contributed by atoms with Gasteiger partial charge in [0.25, 0.3) is 5.91 Å². The van der Waals surface area contributed by atoms with E-state index >= 15 is 0 Å². The maximum atomic E-state index is 12.7. The van der Waals surface area contributed by atoms with Crippen molar-refractivity contribution in [2.45, 2.75) is 57.6 Å². The Morgan fingerprint density at radius 1 is 0.952 bits per heavy atom. The topological polar surface area (TPSA) is 49.9 Å². The zero-order valence-electron chi connectivity index (χ0n) is 12.9. The number of amides is 2. The van der Waals surface area contributed by atoms with E-state index in [4.69, 9.17) is 4.74 Å². The quantitative estimate of drug-likeness (QED) is 0.774. The first-order chi connectivity index (χ1) is 10.2. The summed E-state index contributed by atoms with van der Waals surface area (Å²) in [5.74, 6) is 0.904. The zero-order chi connectivity index (χ0) is 14.8. The van der Waals surface area contributed by atoms with Crippen molar-refractivity contribution in [3.05, 3.63) is 0 Å². The van der Waals surface area contributed by atoms with Crippen LogP contribution in [0.4, 0.5) is 0 Å². The first kappa shape index (κ1) is 14.8. The van der Waals surface area contributed by atoms with Gasteiger partial charge in [-0.3, -0.25) is 9.59 Å². The molecule has 21 heavy (non-hydrogen) atoms. The molecule has 0 radical (unpaired) electrons. The highest BCUT2D eigenvalue weighted by Gasteiger charge is 2.40. The molecule has 3 rings (SSSR count). The Hall–Kier alpha value is -1.10. The van der Waals surface area contributed by atoms with Gasteiger partial charge in [-0.2, -0.15) is 0 Å². The van der Waals surface area contributed by atoms with Gasteiger partial charge in [0.2, 0.25) is 5.91 Å². The highest BCUT2D eigenvalue weighted by Crippen LogP contribution is 2.25. The first-order valence-electron chi connectivity index (χ1n) is 8.37. The lowest BCUT2D eigenvalue weighted by molar-refractivity contribution is -0.149. The van der Waals surface area contributed by atoms with E-state index in [1.807, 2.05) is 4.90 Å². The van der Waals surface area contributed by atoms with Crippen LogP contribution in [0, 0.1) is 5.92 Å². The number of rotatable bonds is 2. The minimum Gasteiger partial charge on any atom is -0.368 e. The molecule has 1 unspecified atom stereocenters. The number of carbonyl (C=O) groups excluding carboxylic acids is 2. The standard InChI is InChI=1S/C16H26N2O3/c1-12-6-9-17(10-7-12)15(19)13-4-2-8-18(13)16(20)14-5-3-11-21-14/h12-14H,2-11H2,1H3/t13-,14?/m0/s1. The summed E-state index contributed by atoms with van der Waals surface area (Å²) >= 11 is 0. The normalized spacial score (nSPS) is 30.9. The first-order valence-corrected chi connectivity index (χ1v) is 8.37. The van der Waals surface area contributed by atoms with E-state index in [1.54, 1.807) is 4.90 Å². The van der Waals surface area contributed by atoms with Crippen LogP contribution in [-0.4, -0.2) is 60.0 Å². The Labute approximate surface area is 126 Å². The van der Waals surface area contributed by atoms with Crippen molar-refractivity contribution < 1.29 is 14.3 Å².